The van der Waals surface area contributed by atoms with Gasteiger partial charge in [-0.3, -0.25) is 4.99 Å². The smallest absolute Gasteiger partial charge is 0.0990 e. The third kappa shape index (κ3) is 5.03. The van der Waals surface area contributed by atoms with Gasteiger partial charge in [-0.1, -0.05) is 43.7 Å². The molecule has 0 aliphatic heterocycles. The Morgan fingerprint density at radius 2 is 1.76 bits per heavy atom. The summed E-state index contributed by atoms with van der Waals surface area (Å²) in [6, 6.07) is 8.59. The van der Waals surface area contributed by atoms with Crippen molar-refractivity contribution < 1.29 is 0 Å². The van der Waals surface area contributed by atoms with Crippen LogP contribution in [-0.2, 0) is 6.54 Å². The second-order valence-corrected chi connectivity index (χ2v) is 5.21. The Balaban J connectivity index is 2.68. The van der Waals surface area contributed by atoms with E-state index in [2.05, 4.69) is 64.0 Å². The van der Waals surface area contributed by atoms with Gasteiger partial charge in [0.05, 0.1) is 12.4 Å². The Bertz CT molecular complexity index is 361. The zero-order valence-electron chi connectivity index (χ0n) is 11.7. The molecule has 2 heteroatoms. The second kappa shape index (κ2) is 6.43. The molecular formula is C15H24N2. The highest BCUT2D eigenvalue weighted by Crippen LogP contribution is 2.08. The molecule has 1 rings (SSSR count). The fourth-order valence-electron chi connectivity index (χ4n) is 1.63. The molecule has 0 fully saturated rings. The number of rotatable bonds is 4. The van der Waals surface area contributed by atoms with Crippen molar-refractivity contribution in [1.82, 2.24) is 4.90 Å². The van der Waals surface area contributed by atoms with E-state index in [0.29, 0.717) is 5.92 Å². The molecule has 17 heavy (non-hydrogen) atoms. The van der Waals surface area contributed by atoms with Crippen LogP contribution in [0.25, 0.3) is 0 Å². The standard InChI is InChI=1S/C15H24N2/c1-12(2)10-15(17(4)5)16-11-14-8-6-13(3)7-9-14/h6-9,12H,10-11H2,1-5H3. The maximum atomic E-state index is 4.71. The summed E-state index contributed by atoms with van der Waals surface area (Å²) < 4.78 is 0. The van der Waals surface area contributed by atoms with Gasteiger partial charge < -0.3 is 4.90 Å². The van der Waals surface area contributed by atoms with Crippen molar-refractivity contribution in [3.05, 3.63) is 35.4 Å². The SMILES string of the molecule is Cc1ccc(CN=C(CC(C)C)N(C)C)cc1. The molecule has 94 valence electrons. The number of hydrogen-bond acceptors (Lipinski definition) is 1. The summed E-state index contributed by atoms with van der Waals surface area (Å²) >= 11 is 0. The summed E-state index contributed by atoms with van der Waals surface area (Å²) in [4.78, 5) is 6.83. The van der Waals surface area contributed by atoms with Crippen LogP contribution in [0.2, 0.25) is 0 Å². The summed E-state index contributed by atoms with van der Waals surface area (Å²) in [6.07, 6.45) is 1.04. The van der Waals surface area contributed by atoms with Crippen LogP contribution >= 0.6 is 0 Å². The van der Waals surface area contributed by atoms with Crippen LogP contribution in [-0.4, -0.2) is 24.8 Å². The summed E-state index contributed by atoms with van der Waals surface area (Å²) in [5.41, 5.74) is 2.58. The first-order valence-corrected chi connectivity index (χ1v) is 6.25. The fourth-order valence-corrected chi connectivity index (χ4v) is 1.63. The molecule has 2 nitrogen and oxygen atoms in total. The average molecular weight is 232 g/mol. The van der Waals surface area contributed by atoms with Gasteiger partial charge in [-0.05, 0) is 18.4 Å². The van der Waals surface area contributed by atoms with Crippen molar-refractivity contribution in [1.29, 1.82) is 0 Å². The minimum atomic E-state index is 0.647. The van der Waals surface area contributed by atoms with E-state index >= 15 is 0 Å². The maximum absolute atomic E-state index is 4.71. The highest BCUT2D eigenvalue weighted by Gasteiger charge is 2.04. The lowest BCUT2D eigenvalue weighted by molar-refractivity contribution is 0.560. The first-order chi connectivity index (χ1) is 7.99. The normalized spacial score (nSPS) is 12.0. The van der Waals surface area contributed by atoms with Gasteiger partial charge in [-0.25, -0.2) is 0 Å². The van der Waals surface area contributed by atoms with Gasteiger partial charge >= 0.3 is 0 Å². The minimum absolute atomic E-state index is 0.647. The van der Waals surface area contributed by atoms with E-state index in [1.54, 1.807) is 0 Å². The van der Waals surface area contributed by atoms with Crippen LogP contribution < -0.4 is 0 Å². The van der Waals surface area contributed by atoms with Crippen LogP contribution in [0.3, 0.4) is 0 Å². The molecule has 0 unspecified atom stereocenters. The van der Waals surface area contributed by atoms with Crippen molar-refractivity contribution in [3.63, 3.8) is 0 Å². The molecule has 0 N–H and O–H groups in total. The van der Waals surface area contributed by atoms with Crippen molar-refractivity contribution in [3.8, 4) is 0 Å². The summed E-state index contributed by atoms with van der Waals surface area (Å²) in [5, 5.41) is 0. The van der Waals surface area contributed by atoms with Crippen molar-refractivity contribution in [2.45, 2.75) is 33.7 Å². The highest BCUT2D eigenvalue weighted by molar-refractivity contribution is 5.82. The van der Waals surface area contributed by atoms with E-state index in [-0.39, 0.29) is 0 Å². The lowest BCUT2D eigenvalue weighted by Crippen LogP contribution is -2.23. The van der Waals surface area contributed by atoms with E-state index in [1.807, 2.05) is 0 Å². The Labute approximate surface area is 105 Å². The topological polar surface area (TPSA) is 15.6 Å². The number of benzene rings is 1. The molecule has 1 aromatic rings. The van der Waals surface area contributed by atoms with Gasteiger partial charge in [0.25, 0.3) is 0 Å². The quantitative estimate of drug-likeness (QED) is 0.573. The predicted molar refractivity (Wildman–Crippen MR) is 75.5 cm³/mol. The van der Waals surface area contributed by atoms with Crippen molar-refractivity contribution in [2.75, 3.05) is 14.1 Å². The Hall–Kier alpha value is -1.31. The molecule has 0 aromatic heterocycles. The van der Waals surface area contributed by atoms with Crippen molar-refractivity contribution in [2.24, 2.45) is 10.9 Å². The minimum Gasteiger partial charge on any atom is -0.366 e. The molecule has 0 saturated heterocycles. The van der Waals surface area contributed by atoms with Gasteiger partial charge in [-0.2, -0.15) is 0 Å². The molecule has 0 spiro atoms. The molecule has 0 saturated carbocycles. The Kier molecular flexibility index (Phi) is 5.20. The van der Waals surface area contributed by atoms with E-state index in [4.69, 9.17) is 4.99 Å². The second-order valence-electron chi connectivity index (χ2n) is 5.21. The van der Waals surface area contributed by atoms with E-state index in [9.17, 15) is 0 Å². The highest BCUT2D eigenvalue weighted by atomic mass is 15.1. The van der Waals surface area contributed by atoms with Crippen molar-refractivity contribution >= 4 is 5.84 Å². The lowest BCUT2D eigenvalue weighted by Gasteiger charge is -2.17. The first-order valence-electron chi connectivity index (χ1n) is 6.25. The van der Waals surface area contributed by atoms with Gasteiger partial charge in [0.1, 0.15) is 0 Å². The van der Waals surface area contributed by atoms with Crippen LogP contribution in [0.1, 0.15) is 31.4 Å². The van der Waals surface area contributed by atoms with Crippen LogP contribution in [0.5, 0.6) is 0 Å². The molecule has 0 bridgehead atoms. The number of hydrogen-bond donors (Lipinski definition) is 0. The average Bonchev–Trinajstić information content (AvgIpc) is 2.25. The number of aryl methyl sites for hydroxylation is 1. The summed E-state index contributed by atoms with van der Waals surface area (Å²) in [5.74, 6) is 1.83. The molecule has 1 aromatic carbocycles. The zero-order valence-corrected chi connectivity index (χ0v) is 11.7. The fraction of sp³-hybridized carbons (Fsp3) is 0.533. The molecule has 0 aliphatic carbocycles. The van der Waals surface area contributed by atoms with Crippen LogP contribution in [0.15, 0.2) is 29.3 Å². The number of amidine groups is 1. The summed E-state index contributed by atoms with van der Waals surface area (Å²) in [7, 11) is 4.13. The van der Waals surface area contributed by atoms with E-state index < -0.39 is 0 Å². The Morgan fingerprint density at radius 1 is 1.18 bits per heavy atom. The zero-order chi connectivity index (χ0) is 12.8. The van der Waals surface area contributed by atoms with Gasteiger partial charge in [0, 0.05) is 20.5 Å². The van der Waals surface area contributed by atoms with E-state index in [0.717, 1.165) is 13.0 Å². The molecule has 0 heterocycles. The molecule has 0 aliphatic rings. The predicted octanol–water partition coefficient (Wildman–Crippen LogP) is 3.50. The number of nitrogens with zero attached hydrogens (tertiary/aromatic N) is 2. The number of aliphatic imine (C=N–C) groups is 1. The molecule has 0 radical (unpaired) electrons. The molecule has 0 atom stereocenters. The van der Waals surface area contributed by atoms with Crippen LogP contribution in [0, 0.1) is 12.8 Å². The third-order valence-corrected chi connectivity index (χ3v) is 2.67. The van der Waals surface area contributed by atoms with Crippen LogP contribution in [0.4, 0.5) is 0 Å². The monoisotopic (exact) mass is 232 g/mol. The third-order valence-electron chi connectivity index (χ3n) is 2.67. The first kappa shape index (κ1) is 13.8. The van der Waals surface area contributed by atoms with Gasteiger partial charge in [0.2, 0.25) is 0 Å². The Morgan fingerprint density at radius 3 is 2.24 bits per heavy atom. The largest absolute Gasteiger partial charge is 0.366 e. The molecule has 0 amide bonds. The van der Waals surface area contributed by atoms with Gasteiger partial charge in [0.15, 0.2) is 0 Å². The summed E-state index contributed by atoms with van der Waals surface area (Å²) in [6.45, 7) is 7.34. The molecular weight excluding hydrogens is 208 g/mol. The van der Waals surface area contributed by atoms with Gasteiger partial charge in [-0.15, -0.1) is 0 Å². The van der Waals surface area contributed by atoms with E-state index in [1.165, 1.54) is 17.0 Å². The maximum Gasteiger partial charge on any atom is 0.0990 e. The lowest BCUT2D eigenvalue weighted by atomic mass is 10.1.